The Kier molecular flexibility index (Phi) is 6.49. The lowest BCUT2D eigenvalue weighted by Crippen LogP contribution is -2.74. The molecule has 0 aromatic heterocycles. The summed E-state index contributed by atoms with van der Waals surface area (Å²) in [5.74, 6) is -0.280. The second-order valence-electron chi connectivity index (χ2n) is 5.75. The van der Waals surface area contributed by atoms with Crippen LogP contribution in [0.2, 0.25) is 0 Å². The van der Waals surface area contributed by atoms with Crippen molar-refractivity contribution in [1.29, 1.82) is 0 Å². The number of rotatable bonds is 5. The summed E-state index contributed by atoms with van der Waals surface area (Å²) in [5, 5.41) is -0.400. The Bertz CT molecular complexity index is 623. The van der Waals surface area contributed by atoms with Gasteiger partial charge in [-0.25, -0.2) is 4.79 Å². The van der Waals surface area contributed by atoms with Gasteiger partial charge in [0.2, 0.25) is 0 Å². The number of nitrogens with one attached hydrogen (secondary N) is 1. The number of benzene rings is 1. The first-order valence-corrected chi connectivity index (χ1v) is 9.06. The summed E-state index contributed by atoms with van der Waals surface area (Å²) >= 11 is 6.45. The summed E-state index contributed by atoms with van der Waals surface area (Å²) in [5.41, 5.74) is 4.53. The topological polar surface area (TPSA) is 58.6 Å². The monoisotopic (exact) mass is 370 g/mol. The smallest absolute Gasteiger partial charge is 0.351 e. The van der Waals surface area contributed by atoms with Crippen molar-refractivity contribution in [2.75, 3.05) is 31.8 Å². The highest BCUT2D eigenvalue weighted by molar-refractivity contribution is 7.25. The Morgan fingerprint density at radius 3 is 2.67 bits per heavy atom. The summed E-state index contributed by atoms with van der Waals surface area (Å²) in [6, 6.07) is 7.19. The Balaban J connectivity index is 2.57. The number of nitrogens with zero attached hydrogens (tertiary/aromatic N) is 2. The van der Waals surface area contributed by atoms with Gasteiger partial charge in [-0.1, -0.05) is 6.08 Å². The molecule has 2 rings (SSSR count). The molecule has 1 aromatic rings. The number of allylic oxidation sites excluding steroid dienone is 1. The van der Waals surface area contributed by atoms with Crippen molar-refractivity contribution in [1.82, 2.24) is 10.2 Å². The molecule has 130 valence electrons. The first-order chi connectivity index (χ1) is 11.5. The zero-order chi connectivity index (χ0) is 17.7. The lowest BCUT2D eigenvalue weighted by atomic mass is 10.1. The van der Waals surface area contributed by atoms with Gasteiger partial charge in [0, 0.05) is 31.9 Å². The number of hydrogen-bond acceptors (Lipinski definition) is 5. The largest absolute Gasteiger partial charge is 0.378 e. The maximum atomic E-state index is 12.9. The molecule has 1 N–H and O–H groups in total. The zero-order valence-corrected chi connectivity index (χ0v) is 15.6. The molecule has 1 heterocycles. The van der Waals surface area contributed by atoms with E-state index in [1.54, 1.807) is 0 Å². The molecule has 8 heteroatoms. The summed E-state index contributed by atoms with van der Waals surface area (Å²) in [7, 11) is 3.65. The average molecular weight is 371 g/mol. The molecule has 1 aliphatic rings. The first-order valence-electron chi connectivity index (χ1n) is 7.62. The Labute approximate surface area is 148 Å². The maximum Gasteiger partial charge on any atom is 0.351 e. The summed E-state index contributed by atoms with van der Waals surface area (Å²) in [6.45, 7) is 2.15. The first kappa shape index (κ1) is 19.0. The minimum Gasteiger partial charge on any atom is -0.378 e. The molecule has 0 radical (unpaired) electrons. The van der Waals surface area contributed by atoms with Gasteiger partial charge in [-0.2, -0.15) is 0 Å². The van der Waals surface area contributed by atoms with Gasteiger partial charge in [-0.3, -0.25) is 9.40 Å². The number of anilines is 1. The molecule has 1 aliphatic heterocycles. The third-order valence-corrected chi connectivity index (χ3v) is 4.81. The van der Waals surface area contributed by atoms with Crippen LogP contribution in [0.25, 0.3) is 0 Å². The molecule has 1 aromatic carbocycles. The third-order valence-electron chi connectivity index (χ3n) is 4.03. The van der Waals surface area contributed by atoms with Crippen molar-refractivity contribution in [3.05, 3.63) is 36.4 Å². The van der Waals surface area contributed by atoms with Crippen molar-refractivity contribution >= 4 is 37.3 Å². The summed E-state index contributed by atoms with van der Waals surface area (Å²) < 4.78 is 10.7. The predicted octanol–water partition coefficient (Wildman–Crippen LogP) is 2.88. The van der Waals surface area contributed by atoms with E-state index in [1.807, 2.05) is 62.3 Å². The van der Waals surface area contributed by atoms with E-state index in [-0.39, 0.29) is 37.8 Å². The van der Waals surface area contributed by atoms with Crippen molar-refractivity contribution in [2.45, 2.75) is 18.3 Å². The van der Waals surface area contributed by atoms with E-state index in [9.17, 15) is 9.36 Å². The number of alkyl halides is 1. The minimum atomic E-state index is -0.400. The van der Waals surface area contributed by atoms with Crippen molar-refractivity contribution < 1.29 is 14.2 Å². The molecule has 6 nitrogen and oxygen atoms in total. The SMILES string of the molecule is CC=CC1C(Cl)CON[N+]1(C(=O)CP=O)c1ccc(N(C)C)cc1. The highest BCUT2D eigenvalue weighted by Gasteiger charge is 2.52. The highest BCUT2D eigenvalue weighted by Crippen LogP contribution is 2.33. The second kappa shape index (κ2) is 8.19. The maximum absolute atomic E-state index is 12.9. The molecular formula is C16H22ClN3O3P+. The van der Waals surface area contributed by atoms with E-state index in [0.29, 0.717) is 5.69 Å². The highest BCUT2D eigenvalue weighted by atomic mass is 35.5. The van der Waals surface area contributed by atoms with Crippen LogP contribution in [0.4, 0.5) is 11.4 Å². The number of halogens is 1. The van der Waals surface area contributed by atoms with Crippen molar-refractivity contribution in [3.8, 4) is 0 Å². The van der Waals surface area contributed by atoms with Crippen LogP contribution in [-0.4, -0.2) is 44.2 Å². The van der Waals surface area contributed by atoms with Crippen LogP contribution < -0.4 is 15.1 Å². The normalized spacial score (nSPS) is 27.5. The van der Waals surface area contributed by atoms with Gasteiger partial charge in [0.05, 0.1) is 6.61 Å². The van der Waals surface area contributed by atoms with Crippen LogP contribution in [0.3, 0.4) is 0 Å². The molecule has 24 heavy (non-hydrogen) atoms. The van der Waals surface area contributed by atoms with Crippen LogP contribution in [0.15, 0.2) is 36.4 Å². The molecule has 3 unspecified atom stereocenters. The Morgan fingerprint density at radius 2 is 2.12 bits per heavy atom. The lowest BCUT2D eigenvalue weighted by Gasteiger charge is -2.43. The number of hydrogen-bond donors (Lipinski definition) is 1. The fourth-order valence-corrected chi connectivity index (χ4v) is 3.46. The molecule has 1 amide bonds. The Morgan fingerprint density at radius 1 is 1.46 bits per heavy atom. The van der Waals surface area contributed by atoms with E-state index < -0.39 is 5.38 Å². The number of carbonyl (C=O) groups is 1. The molecule has 0 aliphatic carbocycles. The standard InChI is InChI=1S/C16H22ClN3O3P/c1-4-5-15-14(17)10-23-18-20(15,16(21)11-24-22)13-8-6-12(7-9-13)19(2)3/h4-9,14-15,18H,10-11H2,1-3H3/q+1. The molecule has 3 atom stereocenters. The fourth-order valence-electron chi connectivity index (χ4n) is 2.81. The second-order valence-corrected chi connectivity index (χ2v) is 6.88. The van der Waals surface area contributed by atoms with E-state index in [1.165, 1.54) is 0 Å². The predicted molar refractivity (Wildman–Crippen MR) is 97.4 cm³/mol. The zero-order valence-electron chi connectivity index (χ0n) is 14.0. The van der Waals surface area contributed by atoms with Gasteiger partial charge in [0.25, 0.3) is 0 Å². The van der Waals surface area contributed by atoms with Gasteiger partial charge in [-0.15, -0.1) is 16.2 Å². The van der Waals surface area contributed by atoms with Gasteiger partial charge in [0.15, 0.2) is 20.2 Å². The van der Waals surface area contributed by atoms with Gasteiger partial charge in [0.1, 0.15) is 11.5 Å². The van der Waals surface area contributed by atoms with Gasteiger partial charge >= 0.3 is 5.91 Å². The van der Waals surface area contributed by atoms with Crippen molar-refractivity contribution in [2.24, 2.45) is 0 Å². The molecule has 0 saturated carbocycles. The quantitative estimate of drug-likeness (QED) is 0.374. The number of amides is 1. The number of carbonyl (C=O) groups excluding carboxylic acids is 1. The molecular weight excluding hydrogens is 349 g/mol. The van der Waals surface area contributed by atoms with Crippen LogP contribution in [0, 0.1) is 0 Å². The van der Waals surface area contributed by atoms with E-state index in [0.717, 1.165) is 5.69 Å². The van der Waals surface area contributed by atoms with Crippen LogP contribution >= 0.6 is 20.1 Å². The lowest BCUT2D eigenvalue weighted by molar-refractivity contribution is -0.163. The molecule has 1 fully saturated rings. The fraction of sp³-hybridized carbons (Fsp3) is 0.438. The Hall–Kier alpha value is -1.30. The van der Waals surface area contributed by atoms with E-state index >= 15 is 0 Å². The van der Waals surface area contributed by atoms with E-state index in [2.05, 4.69) is 5.59 Å². The van der Waals surface area contributed by atoms with Crippen LogP contribution in [0.1, 0.15) is 6.92 Å². The third kappa shape index (κ3) is 3.53. The van der Waals surface area contributed by atoms with Gasteiger partial charge in [-0.05, 0) is 30.7 Å². The van der Waals surface area contributed by atoms with Gasteiger partial charge < -0.3 is 4.90 Å². The van der Waals surface area contributed by atoms with E-state index in [4.69, 9.17) is 16.4 Å². The van der Waals surface area contributed by atoms with Crippen molar-refractivity contribution in [3.63, 3.8) is 0 Å². The minimum absolute atomic E-state index is 0.135. The molecule has 1 saturated heterocycles. The van der Waals surface area contributed by atoms with Crippen LogP contribution in [0.5, 0.6) is 0 Å². The number of quaternary nitrogens is 1. The average Bonchev–Trinajstić information content (AvgIpc) is 2.57. The van der Waals surface area contributed by atoms with Crippen LogP contribution in [-0.2, 0) is 14.2 Å². The summed E-state index contributed by atoms with van der Waals surface area (Å²) in [4.78, 5) is 20.3. The molecule has 0 bridgehead atoms. The summed E-state index contributed by atoms with van der Waals surface area (Å²) in [6.07, 6.45) is 3.60. The molecule has 0 spiro atoms.